The zero-order valence-corrected chi connectivity index (χ0v) is 22.3. The van der Waals surface area contributed by atoms with Crippen LogP contribution in [0.4, 0.5) is 0 Å². The Labute approximate surface area is 212 Å². The molecule has 0 radical (unpaired) electrons. The summed E-state index contributed by atoms with van der Waals surface area (Å²) in [6.45, 7) is 7.51. The molecule has 2 rings (SSSR count). The lowest BCUT2D eigenvalue weighted by molar-refractivity contribution is 0.0957. The Balaban J connectivity index is 0.00000512. The topological polar surface area (TPSA) is 84.0 Å². The average molecular weight is 575 g/mol. The van der Waals surface area contributed by atoms with Crippen molar-refractivity contribution < 1.29 is 14.3 Å². The average Bonchev–Trinajstić information content (AvgIpc) is 3.32. The molecule has 0 unspecified atom stereocenters. The molecule has 1 amide bonds. The van der Waals surface area contributed by atoms with Gasteiger partial charge in [-0.3, -0.25) is 9.79 Å². The van der Waals surface area contributed by atoms with Gasteiger partial charge < -0.3 is 25.4 Å². The Bertz CT molecular complexity index is 816. The molecule has 0 saturated heterocycles. The highest BCUT2D eigenvalue weighted by Gasteiger charge is 2.06. The maximum absolute atomic E-state index is 11.9. The first-order valence-corrected chi connectivity index (χ1v) is 11.7. The van der Waals surface area contributed by atoms with E-state index >= 15 is 0 Å². The molecule has 1 aromatic carbocycles. The predicted molar refractivity (Wildman–Crippen MR) is 143 cm³/mol. The van der Waals surface area contributed by atoms with Crippen LogP contribution in [-0.2, 0) is 6.42 Å². The number of methoxy groups -OCH3 is 1. The molecule has 9 heteroatoms. The van der Waals surface area contributed by atoms with Crippen LogP contribution in [0.1, 0.15) is 41.9 Å². The van der Waals surface area contributed by atoms with Crippen LogP contribution < -0.4 is 25.4 Å². The minimum atomic E-state index is -0.0185. The molecule has 0 aliphatic carbocycles. The van der Waals surface area contributed by atoms with Gasteiger partial charge >= 0.3 is 0 Å². The number of guanidine groups is 1. The number of amides is 1. The Morgan fingerprint density at radius 2 is 1.88 bits per heavy atom. The third-order valence-electron chi connectivity index (χ3n) is 4.44. The summed E-state index contributed by atoms with van der Waals surface area (Å²) in [5, 5.41) is 11.5. The van der Waals surface area contributed by atoms with Crippen molar-refractivity contribution in [3.8, 4) is 11.5 Å². The van der Waals surface area contributed by atoms with Crippen LogP contribution in [0.5, 0.6) is 11.5 Å². The minimum absolute atomic E-state index is 0. The summed E-state index contributed by atoms with van der Waals surface area (Å²) >= 11 is 1.45. The molecule has 32 heavy (non-hydrogen) atoms. The third-order valence-corrected chi connectivity index (χ3v) is 5.31. The first-order chi connectivity index (χ1) is 15.2. The van der Waals surface area contributed by atoms with Crippen LogP contribution in [0.2, 0.25) is 0 Å². The van der Waals surface area contributed by atoms with E-state index in [9.17, 15) is 4.79 Å². The number of nitrogens with one attached hydrogen (secondary N) is 3. The van der Waals surface area contributed by atoms with Gasteiger partial charge in [-0.05, 0) is 62.3 Å². The van der Waals surface area contributed by atoms with Crippen molar-refractivity contribution >= 4 is 47.2 Å². The zero-order chi connectivity index (χ0) is 22.3. The second-order valence-electron chi connectivity index (χ2n) is 6.80. The van der Waals surface area contributed by atoms with Crippen molar-refractivity contribution in [1.29, 1.82) is 0 Å². The summed E-state index contributed by atoms with van der Waals surface area (Å²) in [4.78, 5) is 17.2. The summed E-state index contributed by atoms with van der Waals surface area (Å²) in [7, 11) is 1.65. The second kappa shape index (κ2) is 16.6. The van der Waals surface area contributed by atoms with Crippen molar-refractivity contribution in [2.24, 2.45) is 4.99 Å². The van der Waals surface area contributed by atoms with Gasteiger partial charge in [0.15, 0.2) is 17.5 Å². The molecule has 0 aliphatic heterocycles. The number of carbonyl (C=O) groups is 1. The molecule has 178 valence electrons. The van der Waals surface area contributed by atoms with Crippen molar-refractivity contribution in [3.63, 3.8) is 0 Å². The van der Waals surface area contributed by atoms with E-state index in [4.69, 9.17) is 9.47 Å². The normalized spacial score (nSPS) is 10.8. The molecule has 0 bridgehead atoms. The number of ether oxygens (including phenoxy) is 2. The first kappa shape index (κ1) is 28.0. The Hall–Kier alpha value is -2.01. The van der Waals surface area contributed by atoms with E-state index in [2.05, 4.69) is 27.0 Å². The highest BCUT2D eigenvalue weighted by Crippen LogP contribution is 2.28. The number of thiophene rings is 1. The van der Waals surface area contributed by atoms with E-state index in [1.807, 2.05) is 43.5 Å². The summed E-state index contributed by atoms with van der Waals surface area (Å²) in [5.74, 6) is 2.33. The van der Waals surface area contributed by atoms with Gasteiger partial charge in [-0.2, -0.15) is 0 Å². The van der Waals surface area contributed by atoms with Crippen LogP contribution in [0, 0.1) is 0 Å². The molecule has 0 aliphatic rings. The molecule has 2 aromatic rings. The highest BCUT2D eigenvalue weighted by atomic mass is 127. The van der Waals surface area contributed by atoms with Crippen LogP contribution in [0.15, 0.2) is 40.7 Å². The van der Waals surface area contributed by atoms with Crippen molar-refractivity contribution in [2.45, 2.75) is 33.1 Å². The number of carbonyl (C=O) groups excluding carboxylic acids is 1. The number of nitrogens with zero attached hydrogens (tertiary/aromatic N) is 1. The lowest BCUT2D eigenvalue weighted by atomic mass is 10.1. The Morgan fingerprint density at radius 3 is 2.56 bits per heavy atom. The van der Waals surface area contributed by atoms with Crippen molar-refractivity contribution in [3.05, 3.63) is 46.2 Å². The fourth-order valence-corrected chi connectivity index (χ4v) is 3.59. The van der Waals surface area contributed by atoms with Crippen LogP contribution in [-0.4, -0.2) is 51.8 Å². The Morgan fingerprint density at radius 1 is 1.06 bits per heavy atom. The molecule has 0 fully saturated rings. The lowest BCUT2D eigenvalue weighted by Gasteiger charge is -2.13. The van der Waals surface area contributed by atoms with Gasteiger partial charge in [-0.15, -0.1) is 35.3 Å². The van der Waals surface area contributed by atoms with E-state index in [1.54, 1.807) is 7.11 Å². The molecule has 0 atom stereocenters. The first-order valence-electron chi connectivity index (χ1n) is 10.8. The summed E-state index contributed by atoms with van der Waals surface area (Å²) in [6, 6.07) is 9.79. The maximum Gasteiger partial charge on any atom is 0.261 e. The number of hydrogen-bond donors (Lipinski definition) is 3. The number of aryl methyl sites for hydroxylation is 1. The van der Waals surface area contributed by atoms with Gasteiger partial charge in [0, 0.05) is 26.2 Å². The van der Waals surface area contributed by atoms with Crippen molar-refractivity contribution in [2.75, 3.05) is 39.9 Å². The van der Waals surface area contributed by atoms with Crippen LogP contribution in [0.25, 0.3) is 0 Å². The molecule has 7 nitrogen and oxygen atoms in total. The second-order valence-corrected chi connectivity index (χ2v) is 7.74. The molecule has 0 saturated carbocycles. The lowest BCUT2D eigenvalue weighted by Crippen LogP contribution is -2.38. The third kappa shape index (κ3) is 10.1. The van der Waals surface area contributed by atoms with E-state index in [0.717, 1.165) is 54.7 Å². The quantitative estimate of drug-likeness (QED) is 0.145. The predicted octanol–water partition coefficient (Wildman–Crippen LogP) is 4.08. The number of benzene rings is 1. The van der Waals surface area contributed by atoms with Gasteiger partial charge in [-0.1, -0.05) is 12.1 Å². The van der Waals surface area contributed by atoms with Crippen LogP contribution >= 0.6 is 35.3 Å². The van der Waals surface area contributed by atoms with Gasteiger partial charge in [-0.25, -0.2) is 0 Å². The number of halogens is 1. The molecule has 1 aromatic heterocycles. The van der Waals surface area contributed by atoms with E-state index < -0.39 is 0 Å². The summed E-state index contributed by atoms with van der Waals surface area (Å²) in [6.07, 6.45) is 2.70. The fourth-order valence-electron chi connectivity index (χ4n) is 2.95. The maximum atomic E-state index is 11.9. The monoisotopic (exact) mass is 574 g/mol. The highest BCUT2D eigenvalue weighted by molar-refractivity contribution is 14.0. The molecule has 0 spiro atoms. The van der Waals surface area contributed by atoms with Gasteiger partial charge in [0.25, 0.3) is 5.91 Å². The largest absolute Gasteiger partial charge is 0.493 e. The van der Waals surface area contributed by atoms with Gasteiger partial charge in [0.05, 0.1) is 18.6 Å². The van der Waals surface area contributed by atoms with Crippen molar-refractivity contribution in [1.82, 2.24) is 16.0 Å². The molecule has 3 N–H and O–H groups in total. The van der Waals surface area contributed by atoms with E-state index in [1.165, 1.54) is 16.9 Å². The van der Waals surface area contributed by atoms with Gasteiger partial charge in [0.1, 0.15) is 0 Å². The van der Waals surface area contributed by atoms with Crippen LogP contribution in [0.3, 0.4) is 0 Å². The smallest absolute Gasteiger partial charge is 0.261 e. The van der Waals surface area contributed by atoms with E-state index in [0.29, 0.717) is 19.7 Å². The summed E-state index contributed by atoms with van der Waals surface area (Å²) < 4.78 is 11.0. The Kier molecular flexibility index (Phi) is 14.5. The number of aliphatic imine (C=N–C) groups is 1. The zero-order valence-electron chi connectivity index (χ0n) is 19.1. The number of hydrogen-bond acceptors (Lipinski definition) is 5. The SMILES string of the molecule is CCNC(=NCCCNC(=O)c1cccs1)NCCCc1ccc(OC)c(OCC)c1.I. The fraction of sp³-hybridized carbons (Fsp3) is 0.478. The van der Waals surface area contributed by atoms with E-state index in [-0.39, 0.29) is 29.9 Å². The molecule has 1 heterocycles. The van der Waals surface area contributed by atoms with Gasteiger partial charge in [0.2, 0.25) is 0 Å². The molecular weight excluding hydrogens is 539 g/mol. The molecular formula is C23H35IN4O3S. The summed E-state index contributed by atoms with van der Waals surface area (Å²) in [5.41, 5.74) is 1.22. The number of rotatable bonds is 13. The minimum Gasteiger partial charge on any atom is -0.493 e. The standard InChI is InChI=1S/C23H34N4O3S.HI/c1-4-24-23(27-15-8-14-25-22(28)21-10-7-16-31-21)26-13-6-9-18-11-12-19(29-3)20(17-18)30-5-2;/h7,10-12,16-17H,4-6,8-9,13-15H2,1-3H3,(H,25,28)(H2,24,26,27);1H.